The van der Waals surface area contributed by atoms with E-state index in [1.54, 1.807) is 0 Å². The number of likely N-dealkylation sites (tertiary alicyclic amines) is 1. The molecule has 0 spiro atoms. The second-order valence-corrected chi connectivity index (χ2v) is 7.16. The number of guanidine groups is 1. The van der Waals surface area contributed by atoms with Crippen molar-refractivity contribution in [3.05, 3.63) is 24.4 Å². The molecule has 2 aliphatic heterocycles. The molecule has 25 heavy (non-hydrogen) atoms. The van der Waals surface area contributed by atoms with Gasteiger partial charge in [0.1, 0.15) is 5.82 Å². The summed E-state index contributed by atoms with van der Waals surface area (Å²) in [5.74, 6) is 3.00. The number of anilines is 1. The zero-order valence-electron chi connectivity index (χ0n) is 15.7. The zero-order valence-corrected chi connectivity index (χ0v) is 15.7. The fourth-order valence-electron chi connectivity index (χ4n) is 3.63. The van der Waals surface area contributed by atoms with E-state index in [-0.39, 0.29) is 0 Å². The Labute approximate surface area is 151 Å². The van der Waals surface area contributed by atoms with Gasteiger partial charge >= 0.3 is 0 Å². The molecule has 0 amide bonds. The Morgan fingerprint density at radius 2 is 1.92 bits per heavy atom. The zero-order chi connectivity index (χ0) is 17.5. The van der Waals surface area contributed by atoms with Gasteiger partial charge in [-0.2, -0.15) is 0 Å². The second-order valence-electron chi connectivity index (χ2n) is 7.16. The lowest BCUT2D eigenvalue weighted by molar-refractivity contribution is 0.194. The number of rotatable bonds is 4. The van der Waals surface area contributed by atoms with Crippen molar-refractivity contribution in [1.82, 2.24) is 20.1 Å². The van der Waals surface area contributed by atoms with E-state index in [1.165, 1.54) is 25.9 Å². The summed E-state index contributed by atoms with van der Waals surface area (Å²) in [7, 11) is 1.88. The molecule has 2 saturated heterocycles. The normalized spacial score (nSPS) is 20.8. The molecule has 1 aromatic heterocycles. The van der Waals surface area contributed by atoms with Crippen LogP contribution in [0.4, 0.5) is 5.82 Å². The standard InChI is InChI=1S/C19H32N6/c1-17-6-10-23(11-7-17)12-9-22-19(20-2)25-15-13-24(14-16-25)18-5-3-4-8-21-18/h3-5,8,17H,6-7,9-16H2,1-2H3,(H,20,22). The molecule has 0 aromatic carbocycles. The van der Waals surface area contributed by atoms with Gasteiger partial charge in [0.25, 0.3) is 0 Å². The van der Waals surface area contributed by atoms with Crippen LogP contribution in [0, 0.1) is 5.92 Å². The number of pyridine rings is 1. The molecule has 0 radical (unpaired) electrons. The van der Waals surface area contributed by atoms with Crippen LogP contribution in [-0.2, 0) is 0 Å². The summed E-state index contributed by atoms with van der Waals surface area (Å²) >= 11 is 0. The summed E-state index contributed by atoms with van der Waals surface area (Å²) < 4.78 is 0. The molecule has 3 heterocycles. The first kappa shape index (κ1) is 18.0. The largest absolute Gasteiger partial charge is 0.355 e. The van der Waals surface area contributed by atoms with Crippen LogP contribution in [0.25, 0.3) is 0 Å². The maximum Gasteiger partial charge on any atom is 0.193 e. The summed E-state index contributed by atoms with van der Waals surface area (Å²) in [5, 5.41) is 3.55. The third-order valence-corrected chi connectivity index (χ3v) is 5.35. The van der Waals surface area contributed by atoms with Crippen molar-refractivity contribution in [3.8, 4) is 0 Å². The first-order valence-corrected chi connectivity index (χ1v) is 9.60. The Morgan fingerprint density at radius 3 is 2.56 bits per heavy atom. The van der Waals surface area contributed by atoms with E-state index in [0.717, 1.165) is 57.0 Å². The highest BCUT2D eigenvalue weighted by molar-refractivity contribution is 5.80. The molecule has 0 aliphatic carbocycles. The Balaban J connectivity index is 1.40. The summed E-state index contributed by atoms with van der Waals surface area (Å²) in [4.78, 5) is 16.2. The summed E-state index contributed by atoms with van der Waals surface area (Å²) in [6.45, 7) is 10.9. The summed E-state index contributed by atoms with van der Waals surface area (Å²) in [6.07, 6.45) is 4.54. The van der Waals surface area contributed by atoms with Crippen molar-refractivity contribution in [1.29, 1.82) is 0 Å². The van der Waals surface area contributed by atoms with Gasteiger partial charge in [0.15, 0.2) is 5.96 Å². The molecule has 3 rings (SSSR count). The fraction of sp³-hybridized carbons (Fsp3) is 0.684. The smallest absolute Gasteiger partial charge is 0.193 e. The molecule has 1 aromatic rings. The number of piperidine rings is 1. The highest BCUT2D eigenvalue weighted by Gasteiger charge is 2.20. The van der Waals surface area contributed by atoms with Crippen LogP contribution in [0.5, 0.6) is 0 Å². The van der Waals surface area contributed by atoms with Crippen molar-refractivity contribution in [2.45, 2.75) is 19.8 Å². The Morgan fingerprint density at radius 1 is 1.16 bits per heavy atom. The van der Waals surface area contributed by atoms with Crippen LogP contribution in [0.15, 0.2) is 29.4 Å². The van der Waals surface area contributed by atoms with Crippen LogP contribution in [0.3, 0.4) is 0 Å². The molecule has 2 aliphatic rings. The molecule has 6 nitrogen and oxygen atoms in total. The first-order valence-electron chi connectivity index (χ1n) is 9.60. The van der Waals surface area contributed by atoms with Crippen LogP contribution in [0.1, 0.15) is 19.8 Å². The summed E-state index contributed by atoms with van der Waals surface area (Å²) in [5.41, 5.74) is 0. The predicted molar refractivity (Wildman–Crippen MR) is 104 cm³/mol. The average molecular weight is 345 g/mol. The number of nitrogens with one attached hydrogen (secondary N) is 1. The molecule has 1 N–H and O–H groups in total. The topological polar surface area (TPSA) is 47.0 Å². The van der Waals surface area contributed by atoms with Gasteiger partial charge in [-0.05, 0) is 44.0 Å². The van der Waals surface area contributed by atoms with Gasteiger partial charge in [0.2, 0.25) is 0 Å². The average Bonchev–Trinajstić information content (AvgIpc) is 2.68. The molecule has 6 heteroatoms. The molecule has 0 unspecified atom stereocenters. The molecule has 0 bridgehead atoms. The lowest BCUT2D eigenvalue weighted by Gasteiger charge is -2.37. The van der Waals surface area contributed by atoms with Crippen molar-refractivity contribution in [2.24, 2.45) is 10.9 Å². The fourth-order valence-corrected chi connectivity index (χ4v) is 3.63. The highest BCUT2D eigenvalue weighted by atomic mass is 15.4. The minimum absolute atomic E-state index is 0.896. The first-order chi connectivity index (χ1) is 12.3. The van der Waals surface area contributed by atoms with E-state index in [4.69, 9.17) is 0 Å². The third kappa shape index (κ3) is 5.08. The van der Waals surface area contributed by atoms with E-state index in [1.807, 2.05) is 19.3 Å². The monoisotopic (exact) mass is 344 g/mol. The highest BCUT2D eigenvalue weighted by Crippen LogP contribution is 2.15. The maximum absolute atomic E-state index is 4.48. The summed E-state index contributed by atoms with van der Waals surface area (Å²) in [6, 6.07) is 6.10. The molecular formula is C19H32N6. The predicted octanol–water partition coefficient (Wildman–Crippen LogP) is 1.51. The van der Waals surface area contributed by atoms with Crippen molar-refractivity contribution >= 4 is 11.8 Å². The van der Waals surface area contributed by atoms with Crippen molar-refractivity contribution < 1.29 is 0 Å². The van der Waals surface area contributed by atoms with Gasteiger partial charge < -0.3 is 20.0 Å². The molecule has 0 atom stereocenters. The number of aromatic nitrogens is 1. The molecule has 0 saturated carbocycles. The van der Waals surface area contributed by atoms with Gasteiger partial charge in [0, 0.05) is 52.5 Å². The van der Waals surface area contributed by atoms with Crippen molar-refractivity contribution in [3.63, 3.8) is 0 Å². The van der Waals surface area contributed by atoms with Crippen LogP contribution >= 0.6 is 0 Å². The lowest BCUT2D eigenvalue weighted by atomic mass is 9.99. The number of hydrogen-bond donors (Lipinski definition) is 1. The van der Waals surface area contributed by atoms with E-state index in [0.29, 0.717) is 0 Å². The molecular weight excluding hydrogens is 312 g/mol. The Bertz CT molecular complexity index is 530. The maximum atomic E-state index is 4.48. The number of piperazine rings is 1. The van der Waals surface area contributed by atoms with Gasteiger partial charge in [0.05, 0.1) is 0 Å². The lowest BCUT2D eigenvalue weighted by Crippen LogP contribution is -2.53. The van der Waals surface area contributed by atoms with E-state index >= 15 is 0 Å². The Kier molecular flexibility index (Phi) is 6.50. The quantitative estimate of drug-likeness (QED) is 0.663. The third-order valence-electron chi connectivity index (χ3n) is 5.35. The van der Waals surface area contributed by atoms with Crippen LogP contribution in [0.2, 0.25) is 0 Å². The number of nitrogens with zero attached hydrogens (tertiary/aromatic N) is 5. The molecule has 138 valence electrons. The second kappa shape index (κ2) is 9.04. The minimum Gasteiger partial charge on any atom is -0.355 e. The Hall–Kier alpha value is -1.82. The van der Waals surface area contributed by atoms with Gasteiger partial charge in [-0.3, -0.25) is 4.99 Å². The van der Waals surface area contributed by atoms with Gasteiger partial charge in [-0.25, -0.2) is 4.98 Å². The minimum atomic E-state index is 0.896. The van der Waals surface area contributed by atoms with Crippen LogP contribution in [-0.4, -0.2) is 80.1 Å². The number of hydrogen-bond acceptors (Lipinski definition) is 4. The number of aliphatic imine (C=N–C) groups is 1. The molecule has 2 fully saturated rings. The van der Waals surface area contributed by atoms with Gasteiger partial charge in [-0.1, -0.05) is 13.0 Å². The van der Waals surface area contributed by atoms with E-state index in [9.17, 15) is 0 Å². The van der Waals surface area contributed by atoms with E-state index in [2.05, 4.69) is 49.0 Å². The van der Waals surface area contributed by atoms with Crippen molar-refractivity contribution in [2.75, 3.05) is 64.3 Å². The SMILES string of the molecule is CN=C(NCCN1CCC(C)CC1)N1CCN(c2ccccn2)CC1. The van der Waals surface area contributed by atoms with E-state index < -0.39 is 0 Å². The van der Waals surface area contributed by atoms with Gasteiger partial charge in [-0.15, -0.1) is 0 Å². The van der Waals surface area contributed by atoms with Crippen LogP contribution < -0.4 is 10.2 Å².